The van der Waals surface area contributed by atoms with Crippen LogP contribution in [0.15, 0.2) is 87.0 Å². The number of furan rings is 1. The van der Waals surface area contributed by atoms with Crippen LogP contribution in [0.4, 0.5) is 0 Å². The maximum absolute atomic E-state index is 12.8. The van der Waals surface area contributed by atoms with E-state index < -0.39 is 0 Å². The molecule has 0 saturated heterocycles. The summed E-state index contributed by atoms with van der Waals surface area (Å²) in [5.41, 5.74) is 1.57. The van der Waals surface area contributed by atoms with Crippen molar-refractivity contribution in [2.45, 2.75) is 17.3 Å². The highest BCUT2D eigenvalue weighted by molar-refractivity contribution is 9.10. The number of carbonyl (C=O) groups excluding carboxylic acids is 1. The van der Waals surface area contributed by atoms with Gasteiger partial charge >= 0.3 is 0 Å². The summed E-state index contributed by atoms with van der Waals surface area (Å²) in [5, 5.41) is 8.96. The first-order valence-electron chi connectivity index (χ1n) is 8.64. The average molecular weight is 454 g/mol. The number of hydrogen-bond donors (Lipinski definition) is 0. The number of aromatic nitrogens is 3. The molecule has 5 nitrogen and oxygen atoms in total. The van der Waals surface area contributed by atoms with Crippen molar-refractivity contribution >= 4 is 33.5 Å². The van der Waals surface area contributed by atoms with Crippen LogP contribution in [0.3, 0.4) is 0 Å². The Hall–Kier alpha value is -2.64. The van der Waals surface area contributed by atoms with Crippen molar-refractivity contribution < 1.29 is 9.21 Å². The number of nitrogens with zero attached hydrogens (tertiary/aromatic N) is 3. The lowest BCUT2D eigenvalue weighted by Gasteiger charge is -2.12. The molecule has 0 radical (unpaired) electrons. The van der Waals surface area contributed by atoms with Gasteiger partial charge in [-0.1, -0.05) is 58.0 Å². The van der Waals surface area contributed by atoms with E-state index in [9.17, 15) is 4.79 Å². The Labute approximate surface area is 174 Å². The average Bonchev–Trinajstić information content (AvgIpc) is 3.38. The number of rotatable bonds is 6. The van der Waals surface area contributed by atoms with Crippen LogP contribution in [0.25, 0.3) is 17.3 Å². The van der Waals surface area contributed by atoms with Crippen LogP contribution in [0.2, 0.25) is 0 Å². The van der Waals surface area contributed by atoms with Crippen LogP contribution in [-0.4, -0.2) is 25.8 Å². The molecule has 0 saturated carbocycles. The normalized spacial score (nSPS) is 12.1. The third kappa shape index (κ3) is 3.81. The standard InChI is InChI=1S/C21H16BrN3O2S/c1-14(19(26)15-9-11-16(22)12-10-15)28-21-24-23-20(18-8-5-13-27-18)25(21)17-6-3-2-4-7-17/h2-14H,1H3. The predicted octanol–water partition coefficient (Wildman–Crippen LogP) is 5.65. The highest BCUT2D eigenvalue weighted by Crippen LogP contribution is 2.31. The van der Waals surface area contributed by atoms with E-state index in [0.29, 0.717) is 22.3 Å². The molecule has 1 unspecified atom stereocenters. The second kappa shape index (κ2) is 8.16. The molecule has 140 valence electrons. The van der Waals surface area contributed by atoms with E-state index in [0.717, 1.165) is 10.2 Å². The molecule has 1 atom stereocenters. The molecule has 0 aliphatic carbocycles. The van der Waals surface area contributed by atoms with E-state index in [4.69, 9.17) is 4.42 Å². The summed E-state index contributed by atoms with van der Waals surface area (Å²) in [6, 6.07) is 20.8. The van der Waals surface area contributed by atoms with Crippen LogP contribution in [0.1, 0.15) is 17.3 Å². The van der Waals surface area contributed by atoms with Crippen molar-refractivity contribution in [3.8, 4) is 17.3 Å². The van der Waals surface area contributed by atoms with Crippen molar-refractivity contribution in [3.05, 3.63) is 83.0 Å². The Morgan fingerprint density at radius 3 is 2.46 bits per heavy atom. The summed E-state index contributed by atoms with van der Waals surface area (Å²) >= 11 is 4.77. The van der Waals surface area contributed by atoms with Crippen molar-refractivity contribution in [2.75, 3.05) is 0 Å². The lowest BCUT2D eigenvalue weighted by molar-refractivity contribution is 0.0994. The Morgan fingerprint density at radius 1 is 1.04 bits per heavy atom. The Bertz CT molecular complexity index is 1080. The lowest BCUT2D eigenvalue weighted by Crippen LogP contribution is -2.14. The fraction of sp³-hybridized carbons (Fsp3) is 0.0952. The summed E-state index contributed by atoms with van der Waals surface area (Å²) in [6.07, 6.45) is 1.60. The molecule has 7 heteroatoms. The first-order valence-corrected chi connectivity index (χ1v) is 10.3. The number of Topliss-reactive ketones (excluding diaryl/α,β-unsaturated/α-hetero) is 1. The van der Waals surface area contributed by atoms with Gasteiger partial charge in [-0.3, -0.25) is 9.36 Å². The highest BCUT2D eigenvalue weighted by atomic mass is 79.9. The van der Waals surface area contributed by atoms with Crippen LogP contribution >= 0.6 is 27.7 Å². The molecule has 2 heterocycles. The van der Waals surface area contributed by atoms with Gasteiger partial charge in [-0.2, -0.15) is 0 Å². The summed E-state index contributed by atoms with van der Waals surface area (Å²) in [7, 11) is 0. The van der Waals surface area contributed by atoms with Crippen molar-refractivity contribution in [3.63, 3.8) is 0 Å². The number of ketones is 1. The molecule has 0 aliphatic rings. The second-order valence-corrected chi connectivity index (χ2v) is 8.31. The van der Waals surface area contributed by atoms with E-state index in [1.807, 2.05) is 78.2 Å². The predicted molar refractivity (Wildman–Crippen MR) is 113 cm³/mol. The number of thioether (sulfide) groups is 1. The quantitative estimate of drug-likeness (QED) is 0.278. The molecule has 4 aromatic rings. The molecule has 0 amide bonds. The topological polar surface area (TPSA) is 60.9 Å². The van der Waals surface area contributed by atoms with Gasteiger partial charge in [-0.15, -0.1) is 10.2 Å². The van der Waals surface area contributed by atoms with Gasteiger partial charge in [-0.25, -0.2) is 0 Å². The van der Waals surface area contributed by atoms with Crippen LogP contribution < -0.4 is 0 Å². The zero-order chi connectivity index (χ0) is 19.5. The molecular weight excluding hydrogens is 438 g/mol. The van der Waals surface area contributed by atoms with E-state index in [1.165, 1.54) is 11.8 Å². The molecule has 0 fully saturated rings. The molecule has 0 bridgehead atoms. The minimum absolute atomic E-state index is 0.0414. The molecule has 4 rings (SSSR count). The van der Waals surface area contributed by atoms with Gasteiger partial charge in [0.2, 0.25) is 5.82 Å². The van der Waals surface area contributed by atoms with Crippen LogP contribution in [0.5, 0.6) is 0 Å². The minimum atomic E-state index is -0.322. The minimum Gasteiger partial charge on any atom is -0.461 e. The van der Waals surface area contributed by atoms with Crippen molar-refractivity contribution in [2.24, 2.45) is 0 Å². The molecule has 28 heavy (non-hydrogen) atoms. The molecule has 0 N–H and O–H groups in total. The van der Waals surface area contributed by atoms with E-state index in [-0.39, 0.29) is 11.0 Å². The number of hydrogen-bond acceptors (Lipinski definition) is 5. The maximum atomic E-state index is 12.8. The van der Waals surface area contributed by atoms with Crippen LogP contribution in [0, 0.1) is 0 Å². The molecule has 0 aliphatic heterocycles. The lowest BCUT2D eigenvalue weighted by atomic mass is 10.1. The third-order valence-corrected chi connectivity index (χ3v) is 5.74. The second-order valence-electron chi connectivity index (χ2n) is 6.09. The number of para-hydroxylation sites is 1. The van der Waals surface area contributed by atoms with Gasteiger partial charge in [0.25, 0.3) is 0 Å². The Kier molecular flexibility index (Phi) is 5.45. The highest BCUT2D eigenvalue weighted by Gasteiger charge is 2.23. The van der Waals surface area contributed by atoms with Crippen molar-refractivity contribution in [1.29, 1.82) is 0 Å². The fourth-order valence-corrected chi connectivity index (χ4v) is 3.99. The largest absolute Gasteiger partial charge is 0.461 e. The first kappa shape index (κ1) is 18.7. The molecule has 2 aromatic carbocycles. The fourth-order valence-electron chi connectivity index (χ4n) is 2.78. The first-order chi connectivity index (χ1) is 13.6. The SMILES string of the molecule is CC(Sc1nnc(-c2ccco2)n1-c1ccccc1)C(=O)c1ccc(Br)cc1. The van der Waals surface area contributed by atoms with Gasteiger partial charge in [0.15, 0.2) is 16.7 Å². The number of halogens is 1. The van der Waals surface area contributed by atoms with E-state index in [2.05, 4.69) is 26.1 Å². The van der Waals surface area contributed by atoms with Gasteiger partial charge < -0.3 is 4.42 Å². The zero-order valence-corrected chi connectivity index (χ0v) is 17.4. The van der Waals surface area contributed by atoms with E-state index in [1.54, 1.807) is 6.26 Å². The molecular formula is C21H16BrN3O2S. The van der Waals surface area contributed by atoms with Gasteiger partial charge in [-0.05, 0) is 43.3 Å². The monoisotopic (exact) mass is 453 g/mol. The third-order valence-electron chi connectivity index (χ3n) is 4.17. The maximum Gasteiger partial charge on any atom is 0.205 e. The number of carbonyl (C=O) groups is 1. The summed E-state index contributed by atoms with van der Waals surface area (Å²) in [5.74, 6) is 1.26. The van der Waals surface area contributed by atoms with E-state index >= 15 is 0 Å². The molecule has 2 aromatic heterocycles. The zero-order valence-electron chi connectivity index (χ0n) is 14.9. The van der Waals surface area contributed by atoms with Gasteiger partial charge in [0.1, 0.15) is 0 Å². The van der Waals surface area contributed by atoms with Crippen LogP contribution in [-0.2, 0) is 0 Å². The van der Waals surface area contributed by atoms with Gasteiger partial charge in [0, 0.05) is 15.7 Å². The van der Waals surface area contributed by atoms with Gasteiger partial charge in [0.05, 0.1) is 11.5 Å². The smallest absolute Gasteiger partial charge is 0.205 e. The summed E-state index contributed by atoms with van der Waals surface area (Å²) in [6.45, 7) is 1.88. The Morgan fingerprint density at radius 2 is 1.79 bits per heavy atom. The Balaban J connectivity index is 1.68. The number of benzene rings is 2. The van der Waals surface area contributed by atoms with Crippen molar-refractivity contribution in [1.82, 2.24) is 14.8 Å². The summed E-state index contributed by atoms with van der Waals surface area (Å²) < 4.78 is 8.38. The molecule has 0 spiro atoms. The summed E-state index contributed by atoms with van der Waals surface area (Å²) in [4.78, 5) is 12.8.